The van der Waals surface area contributed by atoms with E-state index in [1.807, 2.05) is 57.6 Å². The molecule has 0 bridgehead atoms. The molecule has 3 aromatic rings. The number of ether oxygens (including phenoxy) is 5. The van der Waals surface area contributed by atoms with Crippen LogP contribution in [0.2, 0.25) is 0 Å². The molecule has 1 unspecified atom stereocenters. The number of quaternary nitrogens is 1. The maximum Gasteiger partial charge on any atom is 0.509 e. The third-order valence-corrected chi connectivity index (χ3v) is 19.0. The molecule has 0 spiro atoms. The predicted molar refractivity (Wildman–Crippen MR) is 343 cm³/mol. The third-order valence-electron chi connectivity index (χ3n) is 15.7. The number of para-hydroxylation sites is 1. The second-order valence-corrected chi connectivity index (χ2v) is 28.0. The lowest BCUT2D eigenvalue weighted by Crippen LogP contribution is -2.47. The molecule has 0 saturated carbocycles. The fraction of sp³-hybridized carbons (Fsp3) is 0.692. The lowest BCUT2D eigenvalue weighted by atomic mass is 9.85. The third kappa shape index (κ3) is 25.6. The molecule has 2 aromatic heterocycles. The summed E-state index contributed by atoms with van der Waals surface area (Å²) in [5.41, 5.74) is 0.963. The number of esters is 1. The number of nitrogens with zero attached hydrogens (tertiary/aromatic N) is 3. The molecule has 4 heterocycles. The zero-order chi connectivity index (χ0) is 62.1. The van der Waals surface area contributed by atoms with Crippen LogP contribution >= 0.6 is 29.4 Å². The van der Waals surface area contributed by atoms with E-state index in [2.05, 4.69) is 19.2 Å². The van der Waals surface area contributed by atoms with Crippen LogP contribution in [0.15, 0.2) is 53.3 Å². The van der Waals surface area contributed by atoms with Crippen molar-refractivity contribution in [1.29, 1.82) is 0 Å². The number of carbonyl (C=O) groups is 4. The highest BCUT2D eigenvalue weighted by molar-refractivity contribution is 8.76. The quantitative estimate of drug-likeness (QED) is 0.00799. The van der Waals surface area contributed by atoms with E-state index in [0.29, 0.717) is 53.3 Å². The van der Waals surface area contributed by atoms with Gasteiger partial charge in [0.2, 0.25) is 11.5 Å². The number of benzene rings is 1. The number of hydrogen-bond acceptors (Lipinski definition) is 16. The normalized spacial score (nSPS) is 16.0. The van der Waals surface area contributed by atoms with E-state index in [1.165, 1.54) is 131 Å². The Morgan fingerprint density at radius 3 is 1.93 bits per heavy atom. The lowest BCUT2D eigenvalue weighted by molar-refractivity contribution is -0.870. The second kappa shape index (κ2) is 39.5. The topological polar surface area (TPSA) is 217 Å². The Morgan fingerprint density at radius 1 is 0.767 bits per heavy atom. The molecule has 1 aromatic carbocycles. The highest BCUT2D eigenvalue weighted by Gasteiger charge is 2.51. The summed E-state index contributed by atoms with van der Waals surface area (Å²) in [6, 6.07) is 10.3. The molecule has 18 nitrogen and oxygen atoms in total. The number of carbonyl (C=O) groups excluding carboxylic acids is 4. The number of fused-ring (bicyclic) bond motifs is 5. The number of phosphoric ester groups is 1. The highest BCUT2D eigenvalue weighted by Crippen LogP contribution is 2.44. The van der Waals surface area contributed by atoms with E-state index in [-0.39, 0.29) is 61.9 Å². The number of rotatable bonds is 46. The van der Waals surface area contributed by atoms with Crippen LogP contribution in [0.3, 0.4) is 0 Å². The van der Waals surface area contributed by atoms with Crippen molar-refractivity contribution in [2.75, 3.05) is 65.6 Å². The van der Waals surface area contributed by atoms with E-state index in [4.69, 9.17) is 37.7 Å². The van der Waals surface area contributed by atoms with Gasteiger partial charge in [0.15, 0.2) is 0 Å². The summed E-state index contributed by atoms with van der Waals surface area (Å²) in [5.74, 6) is -0.447. The molecule has 5 rings (SSSR count). The first-order chi connectivity index (χ1) is 41.5. The van der Waals surface area contributed by atoms with E-state index in [1.54, 1.807) is 23.6 Å². The van der Waals surface area contributed by atoms with Gasteiger partial charge in [-0.1, -0.05) is 208 Å². The van der Waals surface area contributed by atoms with Crippen LogP contribution in [-0.2, 0) is 65.6 Å². The summed E-state index contributed by atoms with van der Waals surface area (Å²) < 4.78 is 54.2. The number of nitrogens with one attached hydrogen (secondary N) is 1. The molecule has 482 valence electrons. The van der Waals surface area contributed by atoms with Crippen molar-refractivity contribution in [1.82, 2.24) is 14.9 Å². The minimum Gasteiger partial charge on any atom is -0.457 e. The number of aromatic nitrogens is 2. The summed E-state index contributed by atoms with van der Waals surface area (Å²) in [7, 11) is 3.93. The Hall–Kier alpha value is -4.43. The van der Waals surface area contributed by atoms with Crippen molar-refractivity contribution < 1.29 is 65.9 Å². The smallest absolute Gasteiger partial charge is 0.457 e. The molecule has 2 aliphatic heterocycles. The predicted octanol–water partition coefficient (Wildman–Crippen LogP) is 15.2. The molecule has 86 heavy (non-hydrogen) atoms. The highest BCUT2D eigenvalue weighted by atomic mass is 33.1. The van der Waals surface area contributed by atoms with Gasteiger partial charge in [0.25, 0.3) is 5.56 Å². The minimum atomic E-state index is -4.58. The van der Waals surface area contributed by atoms with Gasteiger partial charge >= 0.3 is 26.1 Å². The van der Waals surface area contributed by atoms with Crippen LogP contribution in [0.1, 0.15) is 211 Å². The first-order valence-electron chi connectivity index (χ1n) is 32.2. The van der Waals surface area contributed by atoms with E-state index < -0.39 is 50.5 Å². The van der Waals surface area contributed by atoms with E-state index in [9.17, 15) is 33.4 Å². The van der Waals surface area contributed by atoms with Gasteiger partial charge in [-0.2, -0.15) is 0 Å². The summed E-state index contributed by atoms with van der Waals surface area (Å²) in [4.78, 5) is 83.3. The monoisotopic (exact) mass is 1260 g/mol. The zero-order valence-corrected chi connectivity index (χ0v) is 55.1. The van der Waals surface area contributed by atoms with Gasteiger partial charge in [0.05, 0.1) is 62.8 Å². The van der Waals surface area contributed by atoms with Crippen LogP contribution in [0.25, 0.3) is 22.3 Å². The average Bonchev–Trinajstić information content (AvgIpc) is 1.44. The largest absolute Gasteiger partial charge is 0.509 e. The van der Waals surface area contributed by atoms with Crippen LogP contribution in [0.4, 0.5) is 9.59 Å². The Bertz CT molecular complexity index is 2680. The van der Waals surface area contributed by atoms with E-state index in [0.717, 1.165) is 55.0 Å². The van der Waals surface area contributed by atoms with Gasteiger partial charge < -0.3 is 42.9 Å². The zero-order valence-electron chi connectivity index (χ0n) is 52.6. The van der Waals surface area contributed by atoms with Gasteiger partial charge in [0.1, 0.15) is 39.1 Å². The van der Waals surface area contributed by atoms with Crippen LogP contribution in [0, 0.1) is 0 Å². The molecule has 1 amide bonds. The van der Waals surface area contributed by atoms with Crippen molar-refractivity contribution in [2.24, 2.45) is 0 Å². The number of amides is 1. The van der Waals surface area contributed by atoms with Crippen LogP contribution in [-0.4, -0.2) is 121 Å². The minimum absolute atomic E-state index is 0.0158. The molecule has 0 aliphatic carbocycles. The van der Waals surface area contributed by atoms with Crippen LogP contribution in [0.5, 0.6) is 0 Å². The summed E-state index contributed by atoms with van der Waals surface area (Å²) >= 11 is 0. The fourth-order valence-electron chi connectivity index (χ4n) is 10.7. The first kappa shape index (κ1) is 72.3. The SMILES string of the molecule is CCCCCCCCCCCCC/C=C/[C@@H](OC(=O)OCCSSCCOC(=O)O[C@]1(CC)C(=O)OCc2c1cc1n(c2=O)Cc2cc3ccccc3nc2-1)[C@H](COP(=O)(O)OCC[N+](C)(C)C)NC(=O)CCCCCCCCCCCCCCC. The maximum atomic E-state index is 13.9. The van der Waals surface area contributed by atoms with Crippen LogP contribution < -0.4 is 10.9 Å². The Labute approximate surface area is 520 Å². The van der Waals surface area contributed by atoms with Gasteiger partial charge in [-0.15, -0.1) is 0 Å². The number of hydrogen-bond donors (Lipinski definition) is 2. The molecular weight excluding hydrogens is 1160 g/mol. The van der Waals surface area contributed by atoms with Gasteiger partial charge in [0, 0.05) is 34.4 Å². The summed E-state index contributed by atoms with van der Waals surface area (Å²) in [6.07, 6.45) is 29.8. The average molecular weight is 1260 g/mol. The first-order valence-corrected chi connectivity index (χ1v) is 36.1. The van der Waals surface area contributed by atoms with Crippen molar-refractivity contribution >= 4 is 64.5 Å². The van der Waals surface area contributed by atoms with Gasteiger partial charge in [-0.3, -0.25) is 18.6 Å². The Kier molecular flexibility index (Phi) is 33.3. The molecule has 2 N–H and O–H groups in total. The van der Waals surface area contributed by atoms with Gasteiger partial charge in [-0.05, 0) is 50.0 Å². The maximum absolute atomic E-state index is 13.9. The number of phosphoric acid groups is 1. The molecular formula is C65H102N4O14PS2+. The molecule has 2 aliphatic rings. The fourth-order valence-corrected chi connectivity index (χ4v) is 13.1. The molecule has 0 fully saturated rings. The number of likely N-dealkylation sites (N-methyl/N-ethyl adjacent to an activating group) is 1. The van der Waals surface area contributed by atoms with Gasteiger partial charge in [-0.25, -0.2) is 23.9 Å². The molecule has 21 heteroatoms. The second-order valence-electron chi connectivity index (χ2n) is 23.8. The Morgan fingerprint density at radius 2 is 1.34 bits per heavy atom. The van der Waals surface area contributed by atoms with Crippen molar-refractivity contribution in [3.05, 3.63) is 75.6 Å². The number of pyridine rings is 2. The van der Waals surface area contributed by atoms with Crippen molar-refractivity contribution in [2.45, 2.75) is 225 Å². The van der Waals surface area contributed by atoms with Crippen molar-refractivity contribution in [3.8, 4) is 11.4 Å². The van der Waals surface area contributed by atoms with E-state index >= 15 is 0 Å². The number of cyclic esters (lactones) is 1. The summed E-state index contributed by atoms with van der Waals surface area (Å²) in [6.45, 7) is 5.98. The van der Waals surface area contributed by atoms with Crippen molar-refractivity contribution in [3.63, 3.8) is 0 Å². The molecule has 0 saturated heterocycles. The summed E-state index contributed by atoms with van der Waals surface area (Å²) in [5, 5.41) is 3.88. The molecule has 4 atom stereocenters. The number of allylic oxidation sites excluding steroid dienone is 1. The number of unbranched alkanes of at least 4 members (excludes halogenated alkanes) is 23. The Balaban J connectivity index is 1.12. The molecule has 0 radical (unpaired) electrons. The standard InChI is InChI=1S/C65H101N4O14PS2/c1-7-10-12-14-16-18-20-22-24-26-28-30-32-38-58(56(50-81-84(75,76)80-41-40-69(4,5)6)66-59(70)39-33-31-29-27-25-23-21-19-17-15-13-11-8-2)82-63(73)77-42-44-85-86-45-43-78-64(74)83-65(9-3)54-47-57-60-52(46-51-36-34-35-37-55(51)67-60)48-68(57)61(71)53(54)49-79-62(65)72/h32,34-38,46-47,56,58H,7-31,33,39-45,48-50H2,1-6H3,(H-,66,70,75,76)/p+1/b38-32+/t56-,58+,65-/m0/s1. The lowest BCUT2D eigenvalue weighted by Gasteiger charge is -2.35.